The Labute approximate surface area is 130 Å². The SMILES string of the molecule is C=CCC(C)(CC=C)O[SiH2]c1cc[c]([Sn]([CH3])([CH3])[CH3])cc1. The maximum atomic E-state index is 6.24. The second-order valence-corrected chi connectivity index (χ2v) is 22.6. The Morgan fingerprint density at radius 2 is 1.60 bits per heavy atom. The zero-order chi connectivity index (χ0) is 15.2. The van der Waals surface area contributed by atoms with Gasteiger partial charge in [-0.05, 0) is 0 Å². The molecule has 1 rings (SSSR count). The molecule has 0 radical (unpaired) electrons. The molecular formula is C17H28OSiSn. The first-order chi connectivity index (χ1) is 9.30. The number of hydrogen-bond donors (Lipinski definition) is 0. The molecule has 0 aromatic heterocycles. The van der Waals surface area contributed by atoms with Crippen LogP contribution in [0.1, 0.15) is 19.8 Å². The molecule has 0 atom stereocenters. The first-order valence-corrected chi connectivity index (χ1v) is 18.5. The molecule has 0 aliphatic heterocycles. The molecule has 0 amide bonds. The summed E-state index contributed by atoms with van der Waals surface area (Å²) in [6.45, 7) is 9.82. The van der Waals surface area contributed by atoms with Gasteiger partial charge >= 0.3 is 131 Å². The average molecular weight is 395 g/mol. The van der Waals surface area contributed by atoms with Crippen LogP contribution in [0.4, 0.5) is 0 Å². The van der Waals surface area contributed by atoms with Gasteiger partial charge in [0.2, 0.25) is 0 Å². The third-order valence-corrected chi connectivity index (χ3v) is 11.1. The van der Waals surface area contributed by atoms with Crippen molar-refractivity contribution < 1.29 is 4.43 Å². The molecule has 0 fully saturated rings. The third kappa shape index (κ3) is 5.58. The standard InChI is InChI=1S/C14H19OSi.3CH3.Sn/c1-4-11-14(3,12-5-2)15-16-13-9-7-6-8-10-13;;;;/h4-5,7-10H,1-2,11-12,16H2,3H3;3*1H3;. The molecule has 1 nitrogen and oxygen atoms in total. The molecule has 0 aliphatic carbocycles. The predicted octanol–water partition coefficient (Wildman–Crippen LogP) is 2.87. The predicted molar refractivity (Wildman–Crippen MR) is 96.7 cm³/mol. The van der Waals surface area contributed by atoms with Crippen LogP contribution < -0.4 is 8.77 Å². The molecule has 20 heavy (non-hydrogen) atoms. The molecule has 110 valence electrons. The summed E-state index contributed by atoms with van der Waals surface area (Å²) < 4.78 is 7.82. The molecule has 0 aliphatic rings. The fourth-order valence-corrected chi connectivity index (χ4v) is 6.68. The van der Waals surface area contributed by atoms with E-state index in [-0.39, 0.29) is 5.60 Å². The Balaban J connectivity index is 2.69. The quantitative estimate of drug-likeness (QED) is 0.486. The van der Waals surface area contributed by atoms with E-state index in [9.17, 15) is 0 Å². The van der Waals surface area contributed by atoms with E-state index in [4.69, 9.17) is 4.43 Å². The first kappa shape index (κ1) is 17.7. The normalized spacial score (nSPS) is 12.8. The van der Waals surface area contributed by atoms with Crippen molar-refractivity contribution in [2.24, 2.45) is 0 Å². The van der Waals surface area contributed by atoms with Crippen LogP contribution in [0.3, 0.4) is 0 Å². The van der Waals surface area contributed by atoms with E-state index >= 15 is 0 Å². The van der Waals surface area contributed by atoms with E-state index in [2.05, 4.69) is 59.2 Å². The van der Waals surface area contributed by atoms with Crippen LogP contribution >= 0.6 is 0 Å². The zero-order valence-electron chi connectivity index (χ0n) is 13.4. The van der Waals surface area contributed by atoms with Crippen LogP contribution in [0.5, 0.6) is 0 Å². The molecule has 0 bridgehead atoms. The summed E-state index contributed by atoms with van der Waals surface area (Å²) in [5.41, 5.74) is -0.127. The van der Waals surface area contributed by atoms with Crippen LogP contribution in [0.15, 0.2) is 49.6 Å². The van der Waals surface area contributed by atoms with Gasteiger partial charge in [0, 0.05) is 0 Å². The van der Waals surface area contributed by atoms with Gasteiger partial charge in [0.05, 0.1) is 0 Å². The molecular weight excluding hydrogens is 367 g/mol. The maximum absolute atomic E-state index is 6.24. The van der Waals surface area contributed by atoms with Crippen LogP contribution in [-0.4, -0.2) is 33.7 Å². The second kappa shape index (κ2) is 7.62. The Bertz CT molecular complexity index is 435. The van der Waals surface area contributed by atoms with Gasteiger partial charge in [0.25, 0.3) is 0 Å². The number of rotatable bonds is 8. The molecule has 1 aromatic rings. The molecule has 0 N–H and O–H groups in total. The molecule has 0 heterocycles. The summed E-state index contributed by atoms with van der Waals surface area (Å²) in [6, 6.07) is 9.18. The van der Waals surface area contributed by atoms with Crippen molar-refractivity contribution in [3.05, 3.63) is 49.6 Å². The fourth-order valence-electron chi connectivity index (χ4n) is 2.17. The van der Waals surface area contributed by atoms with E-state index in [0.29, 0.717) is 0 Å². The summed E-state index contributed by atoms with van der Waals surface area (Å²) in [6.07, 6.45) is 5.63. The van der Waals surface area contributed by atoms with Crippen molar-refractivity contribution in [1.29, 1.82) is 0 Å². The van der Waals surface area contributed by atoms with Gasteiger partial charge in [-0.1, -0.05) is 0 Å². The summed E-state index contributed by atoms with van der Waals surface area (Å²) in [5, 5.41) is 1.38. The Kier molecular flexibility index (Phi) is 6.75. The van der Waals surface area contributed by atoms with Gasteiger partial charge < -0.3 is 0 Å². The average Bonchev–Trinajstić information content (AvgIpc) is 2.37. The van der Waals surface area contributed by atoms with E-state index < -0.39 is 28.1 Å². The van der Waals surface area contributed by atoms with Gasteiger partial charge in [0.15, 0.2) is 0 Å². The Hall–Kier alpha value is -0.324. The molecule has 0 saturated carbocycles. The number of benzene rings is 1. The molecule has 0 saturated heterocycles. The molecule has 1 aromatic carbocycles. The van der Waals surface area contributed by atoms with Crippen LogP contribution in [0, 0.1) is 0 Å². The van der Waals surface area contributed by atoms with Crippen molar-refractivity contribution in [3.63, 3.8) is 0 Å². The summed E-state index contributed by atoms with van der Waals surface area (Å²) in [5.74, 6) is 0. The van der Waals surface area contributed by atoms with Gasteiger partial charge in [-0.15, -0.1) is 0 Å². The molecule has 3 heteroatoms. The Morgan fingerprint density at radius 3 is 2.00 bits per heavy atom. The van der Waals surface area contributed by atoms with Gasteiger partial charge in [-0.2, -0.15) is 0 Å². The fraction of sp³-hybridized carbons (Fsp3) is 0.412. The first-order valence-electron chi connectivity index (χ1n) is 7.26. The monoisotopic (exact) mass is 396 g/mol. The minimum atomic E-state index is -1.91. The Morgan fingerprint density at radius 1 is 1.10 bits per heavy atom. The number of hydrogen-bond acceptors (Lipinski definition) is 1. The van der Waals surface area contributed by atoms with Crippen LogP contribution in [-0.2, 0) is 4.43 Å². The van der Waals surface area contributed by atoms with Gasteiger partial charge in [-0.25, -0.2) is 0 Å². The van der Waals surface area contributed by atoms with E-state index in [1.54, 1.807) is 3.58 Å². The summed E-state index contributed by atoms with van der Waals surface area (Å²) in [7, 11) is -0.688. The summed E-state index contributed by atoms with van der Waals surface area (Å²) in [4.78, 5) is 7.34. The van der Waals surface area contributed by atoms with Crippen LogP contribution in [0.25, 0.3) is 0 Å². The zero-order valence-corrected chi connectivity index (χ0v) is 17.7. The summed E-state index contributed by atoms with van der Waals surface area (Å²) >= 11 is -1.91. The van der Waals surface area contributed by atoms with Crippen molar-refractivity contribution in [2.45, 2.75) is 40.2 Å². The minimum absolute atomic E-state index is 0.127. The van der Waals surface area contributed by atoms with E-state index in [0.717, 1.165) is 12.8 Å². The van der Waals surface area contributed by atoms with E-state index in [1.165, 1.54) is 5.19 Å². The van der Waals surface area contributed by atoms with Crippen molar-refractivity contribution in [3.8, 4) is 0 Å². The molecule has 0 spiro atoms. The molecule has 0 unspecified atom stereocenters. The van der Waals surface area contributed by atoms with Gasteiger partial charge in [0.1, 0.15) is 0 Å². The van der Waals surface area contributed by atoms with Gasteiger partial charge in [-0.3, -0.25) is 0 Å². The van der Waals surface area contributed by atoms with Crippen molar-refractivity contribution in [1.82, 2.24) is 0 Å². The topological polar surface area (TPSA) is 9.23 Å². The van der Waals surface area contributed by atoms with Crippen molar-refractivity contribution >= 4 is 36.9 Å². The van der Waals surface area contributed by atoms with E-state index in [1.807, 2.05) is 12.2 Å². The second-order valence-electron chi connectivity index (χ2n) is 6.67. The van der Waals surface area contributed by atoms with Crippen LogP contribution in [0.2, 0.25) is 14.8 Å². The third-order valence-electron chi connectivity index (χ3n) is 3.56. The van der Waals surface area contributed by atoms with Crippen molar-refractivity contribution in [2.75, 3.05) is 0 Å².